The molecule has 2 aromatic rings. The van der Waals surface area contributed by atoms with Gasteiger partial charge in [-0.15, -0.1) is 0 Å². The second-order valence-electron chi connectivity index (χ2n) is 5.49. The number of hydrogen-bond donors (Lipinski definition) is 0. The minimum atomic E-state index is -0.708. The fourth-order valence-corrected chi connectivity index (χ4v) is 2.55. The van der Waals surface area contributed by atoms with E-state index in [-0.39, 0.29) is 6.61 Å². The van der Waals surface area contributed by atoms with Crippen molar-refractivity contribution in [2.24, 2.45) is 0 Å². The van der Waals surface area contributed by atoms with Crippen LogP contribution in [0.3, 0.4) is 0 Å². The van der Waals surface area contributed by atoms with Crippen LogP contribution in [0.15, 0.2) is 42.5 Å². The van der Waals surface area contributed by atoms with Gasteiger partial charge in [-0.3, -0.25) is 0 Å². The van der Waals surface area contributed by atoms with Crippen molar-refractivity contribution in [3.63, 3.8) is 0 Å². The minimum Gasteiger partial charge on any atom is -0.432 e. The predicted octanol–water partition coefficient (Wildman–Crippen LogP) is 5.00. The Balaban J connectivity index is 1.85. The zero-order valence-electron chi connectivity index (χ0n) is 14.2. The van der Waals surface area contributed by atoms with Crippen molar-refractivity contribution in [2.75, 3.05) is 24.6 Å². The molecule has 0 bridgehead atoms. The SMILES string of the molecule is CCN(CCOC(=O)Oc1cc(C)c(Cl)c(C)c1)c1ccccc1. The van der Waals surface area contributed by atoms with E-state index < -0.39 is 6.16 Å². The molecule has 0 unspecified atom stereocenters. The third-order valence-electron chi connectivity index (χ3n) is 3.70. The minimum absolute atomic E-state index is 0.257. The molecule has 4 nitrogen and oxygen atoms in total. The van der Waals surface area contributed by atoms with Gasteiger partial charge in [0, 0.05) is 17.3 Å². The summed E-state index contributed by atoms with van der Waals surface area (Å²) in [4.78, 5) is 14.0. The van der Waals surface area contributed by atoms with Gasteiger partial charge < -0.3 is 14.4 Å². The lowest BCUT2D eigenvalue weighted by atomic mass is 10.1. The number of carbonyl (C=O) groups excluding carboxylic acids is 1. The second kappa shape index (κ2) is 8.60. The summed E-state index contributed by atoms with van der Waals surface area (Å²) in [5.74, 6) is 0.440. The quantitative estimate of drug-likeness (QED) is 0.544. The van der Waals surface area contributed by atoms with Gasteiger partial charge in [0.2, 0.25) is 0 Å². The van der Waals surface area contributed by atoms with Gasteiger partial charge in [-0.1, -0.05) is 29.8 Å². The van der Waals surface area contributed by atoms with Gasteiger partial charge in [0.1, 0.15) is 12.4 Å². The van der Waals surface area contributed by atoms with E-state index in [4.69, 9.17) is 21.1 Å². The van der Waals surface area contributed by atoms with Crippen LogP contribution in [-0.4, -0.2) is 25.9 Å². The maximum absolute atomic E-state index is 11.8. The molecular weight excluding hydrogens is 326 g/mol. The molecule has 0 aliphatic heterocycles. The highest BCUT2D eigenvalue weighted by Gasteiger charge is 2.10. The average Bonchev–Trinajstić information content (AvgIpc) is 2.57. The molecule has 0 amide bonds. The molecule has 0 aliphatic rings. The molecule has 0 saturated carbocycles. The number of para-hydroxylation sites is 1. The van der Waals surface area contributed by atoms with E-state index in [1.807, 2.05) is 44.2 Å². The number of anilines is 1. The number of aryl methyl sites for hydroxylation is 2. The zero-order chi connectivity index (χ0) is 17.5. The monoisotopic (exact) mass is 347 g/mol. The van der Waals surface area contributed by atoms with Gasteiger partial charge in [0.15, 0.2) is 0 Å². The van der Waals surface area contributed by atoms with E-state index in [9.17, 15) is 4.79 Å². The Morgan fingerprint density at radius 3 is 2.33 bits per heavy atom. The van der Waals surface area contributed by atoms with Crippen LogP contribution >= 0.6 is 11.6 Å². The van der Waals surface area contributed by atoms with Crippen molar-refractivity contribution in [3.8, 4) is 5.75 Å². The number of carbonyl (C=O) groups is 1. The molecule has 24 heavy (non-hydrogen) atoms. The molecule has 0 atom stereocenters. The zero-order valence-corrected chi connectivity index (χ0v) is 15.0. The molecule has 128 valence electrons. The largest absolute Gasteiger partial charge is 0.513 e. The van der Waals surface area contributed by atoms with Crippen LogP contribution in [-0.2, 0) is 4.74 Å². The van der Waals surface area contributed by atoms with Crippen molar-refractivity contribution >= 4 is 23.4 Å². The summed E-state index contributed by atoms with van der Waals surface area (Å²) in [7, 11) is 0. The Labute approximate surface area is 147 Å². The van der Waals surface area contributed by atoms with Crippen LogP contribution in [0.5, 0.6) is 5.75 Å². The van der Waals surface area contributed by atoms with E-state index >= 15 is 0 Å². The molecule has 0 aromatic heterocycles. The summed E-state index contributed by atoms with van der Waals surface area (Å²) >= 11 is 6.10. The number of benzene rings is 2. The van der Waals surface area contributed by atoms with Crippen LogP contribution in [0.1, 0.15) is 18.1 Å². The normalized spacial score (nSPS) is 10.3. The van der Waals surface area contributed by atoms with Crippen LogP contribution in [0.4, 0.5) is 10.5 Å². The topological polar surface area (TPSA) is 38.8 Å². The van der Waals surface area contributed by atoms with Gasteiger partial charge in [-0.25, -0.2) is 4.79 Å². The molecule has 0 N–H and O–H groups in total. The third-order valence-corrected chi connectivity index (χ3v) is 4.29. The van der Waals surface area contributed by atoms with E-state index in [2.05, 4.69) is 11.8 Å². The van der Waals surface area contributed by atoms with Crippen molar-refractivity contribution in [1.82, 2.24) is 0 Å². The number of hydrogen-bond acceptors (Lipinski definition) is 4. The van der Waals surface area contributed by atoms with Crippen LogP contribution in [0.25, 0.3) is 0 Å². The number of ether oxygens (including phenoxy) is 2. The van der Waals surface area contributed by atoms with E-state index in [0.29, 0.717) is 17.3 Å². The van der Waals surface area contributed by atoms with E-state index in [1.54, 1.807) is 12.1 Å². The van der Waals surface area contributed by atoms with Crippen molar-refractivity contribution in [2.45, 2.75) is 20.8 Å². The summed E-state index contributed by atoms with van der Waals surface area (Å²) in [6, 6.07) is 13.4. The Kier molecular flexibility index (Phi) is 6.50. The van der Waals surface area contributed by atoms with Crippen LogP contribution in [0, 0.1) is 13.8 Å². The predicted molar refractivity (Wildman–Crippen MR) is 97.2 cm³/mol. The first-order valence-electron chi connectivity index (χ1n) is 7.92. The smallest absolute Gasteiger partial charge is 0.432 e. The lowest BCUT2D eigenvalue weighted by Crippen LogP contribution is -2.28. The molecule has 0 radical (unpaired) electrons. The fourth-order valence-electron chi connectivity index (χ4n) is 2.44. The summed E-state index contributed by atoms with van der Waals surface area (Å²) in [6.07, 6.45) is -0.708. The molecule has 0 spiro atoms. The molecule has 5 heteroatoms. The van der Waals surface area contributed by atoms with E-state index in [0.717, 1.165) is 23.4 Å². The molecule has 0 saturated heterocycles. The van der Waals surface area contributed by atoms with Gasteiger partial charge in [0.25, 0.3) is 0 Å². The van der Waals surface area contributed by atoms with E-state index in [1.165, 1.54) is 0 Å². The average molecular weight is 348 g/mol. The molecule has 0 fully saturated rings. The first-order valence-corrected chi connectivity index (χ1v) is 8.30. The number of rotatable bonds is 6. The summed E-state index contributed by atoms with van der Waals surface area (Å²) in [6.45, 7) is 7.49. The van der Waals surface area contributed by atoms with Gasteiger partial charge in [-0.05, 0) is 56.2 Å². The fraction of sp³-hybridized carbons (Fsp3) is 0.316. The first kappa shape index (κ1) is 18.1. The van der Waals surface area contributed by atoms with Gasteiger partial charge in [-0.2, -0.15) is 0 Å². The van der Waals surface area contributed by atoms with Crippen LogP contribution in [0.2, 0.25) is 5.02 Å². The van der Waals surface area contributed by atoms with Crippen molar-refractivity contribution < 1.29 is 14.3 Å². The highest BCUT2D eigenvalue weighted by Crippen LogP contribution is 2.26. The van der Waals surface area contributed by atoms with Gasteiger partial charge >= 0.3 is 6.16 Å². The second-order valence-corrected chi connectivity index (χ2v) is 5.86. The highest BCUT2D eigenvalue weighted by molar-refractivity contribution is 6.32. The molecule has 2 aromatic carbocycles. The number of likely N-dealkylation sites (N-methyl/N-ethyl adjacent to an activating group) is 1. The number of nitrogens with zero attached hydrogens (tertiary/aromatic N) is 1. The highest BCUT2D eigenvalue weighted by atomic mass is 35.5. The van der Waals surface area contributed by atoms with Crippen LogP contribution < -0.4 is 9.64 Å². The Morgan fingerprint density at radius 2 is 1.75 bits per heavy atom. The molecule has 2 rings (SSSR count). The lowest BCUT2D eigenvalue weighted by Gasteiger charge is -2.22. The molecule has 0 heterocycles. The third kappa shape index (κ3) is 4.90. The van der Waals surface area contributed by atoms with Crippen molar-refractivity contribution in [3.05, 3.63) is 58.6 Å². The summed E-state index contributed by atoms with van der Waals surface area (Å²) < 4.78 is 10.4. The summed E-state index contributed by atoms with van der Waals surface area (Å²) in [5.41, 5.74) is 2.82. The first-order chi connectivity index (χ1) is 11.5. The summed E-state index contributed by atoms with van der Waals surface area (Å²) in [5, 5.41) is 0.678. The lowest BCUT2D eigenvalue weighted by molar-refractivity contribution is 0.101. The van der Waals surface area contributed by atoms with Crippen molar-refractivity contribution in [1.29, 1.82) is 0 Å². The Hall–Kier alpha value is -2.20. The standard InChI is InChI=1S/C19H22ClNO3/c1-4-21(16-8-6-5-7-9-16)10-11-23-19(22)24-17-12-14(2)18(20)15(3)13-17/h5-9,12-13H,4,10-11H2,1-3H3. The Morgan fingerprint density at radius 1 is 1.12 bits per heavy atom. The Bertz CT molecular complexity index is 665. The maximum Gasteiger partial charge on any atom is 0.513 e. The molecule has 0 aliphatic carbocycles. The molecular formula is C19H22ClNO3. The number of halogens is 1. The maximum atomic E-state index is 11.8. The van der Waals surface area contributed by atoms with Gasteiger partial charge in [0.05, 0.1) is 6.54 Å².